The van der Waals surface area contributed by atoms with Crippen LogP contribution in [0.1, 0.15) is 37.2 Å². The second-order valence-electron chi connectivity index (χ2n) is 9.70. The van der Waals surface area contributed by atoms with Gasteiger partial charge in [-0.25, -0.2) is 0 Å². The molecule has 0 saturated heterocycles. The van der Waals surface area contributed by atoms with Crippen LogP contribution in [0, 0.1) is 0 Å². The van der Waals surface area contributed by atoms with E-state index in [9.17, 15) is 9.90 Å². The Morgan fingerprint density at radius 1 is 0.976 bits per heavy atom. The molecule has 10 heteroatoms. The molecular weight excluding hydrogens is 542 g/mol. The summed E-state index contributed by atoms with van der Waals surface area (Å²) in [5.74, 6) is 1.65. The first-order valence-electron chi connectivity index (χ1n) is 13.8. The van der Waals surface area contributed by atoms with Crippen molar-refractivity contribution in [3.8, 4) is 11.5 Å². The minimum absolute atomic E-state index is 0.0181. The van der Waals surface area contributed by atoms with Crippen molar-refractivity contribution < 1.29 is 42.8 Å². The van der Waals surface area contributed by atoms with Crippen molar-refractivity contribution in [2.75, 3.05) is 26.9 Å². The van der Waals surface area contributed by atoms with Crippen LogP contribution in [0.15, 0.2) is 94.7 Å². The molecule has 2 heterocycles. The summed E-state index contributed by atoms with van der Waals surface area (Å²) in [6.45, 7) is 2.06. The zero-order chi connectivity index (χ0) is 29.6. The Balaban J connectivity index is 1.22. The van der Waals surface area contributed by atoms with Gasteiger partial charge in [0.1, 0.15) is 61.5 Å². The molecule has 0 radical (unpaired) electrons. The minimum atomic E-state index is -0.848. The van der Waals surface area contributed by atoms with Crippen LogP contribution in [0.25, 0.3) is 0 Å². The van der Waals surface area contributed by atoms with Crippen molar-refractivity contribution in [2.24, 2.45) is 5.16 Å². The number of ether oxygens (including phenoxy) is 5. The summed E-state index contributed by atoms with van der Waals surface area (Å²) < 4.78 is 33.8. The normalized spacial score (nSPS) is 19.2. The van der Waals surface area contributed by atoms with Crippen LogP contribution in [0.3, 0.4) is 0 Å². The van der Waals surface area contributed by atoms with Gasteiger partial charge in [-0.05, 0) is 61.4 Å². The molecule has 0 fully saturated rings. The van der Waals surface area contributed by atoms with Gasteiger partial charge < -0.3 is 38.0 Å². The quantitative estimate of drug-likeness (QED) is 0.108. The number of rotatable bonds is 16. The van der Waals surface area contributed by atoms with Gasteiger partial charge in [-0.15, -0.1) is 0 Å². The highest BCUT2D eigenvalue weighted by atomic mass is 16.6. The zero-order valence-electron chi connectivity index (χ0n) is 23.8. The Hall–Kier alpha value is -4.12. The molecule has 4 rings (SSSR count). The second kappa shape index (κ2) is 16.4. The number of furan rings is 1. The number of carbonyl (C=O) groups is 1. The molecule has 224 valence electrons. The fraction of sp³-hybridized carbons (Fsp3) is 0.375. The largest absolute Gasteiger partial charge is 0.497 e. The topological polar surface area (TPSA) is 118 Å². The van der Waals surface area contributed by atoms with E-state index in [-0.39, 0.29) is 39.0 Å². The van der Waals surface area contributed by atoms with E-state index in [0.29, 0.717) is 23.6 Å². The Bertz CT molecular complexity index is 1260. The Morgan fingerprint density at radius 3 is 2.50 bits per heavy atom. The lowest BCUT2D eigenvalue weighted by atomic mass is 10.0. The standard InChI is InChI=1S/C32H37NO9/c1-23(33-40-20-25(34)19-37-21-28-9-6-18-38-28)10-17-32(35)39-22-31-30(41-27-13-11-26(36-2)12-14-27)16-15-29(42-31)24-7-4-3-5-8-24/h3-9,11-16,18,25,29-31,34H,10,17,19-22H2,1-2H3/t25-,29-,30-,31+/m0/s1. The fourth-order valence-electron chi connectivity index (χ4n) is 4.09. The molecule has 0 saturated carbocycles. The van der Waals surface area contributed by atoms with Crippen molar-refractivity contribution in [1.82, 2.24) is 0 Å². The predicted molar refractivity (Wildman–Crippen MR) is 154 cm³/mol. The number of hydrogen-bond donors (Lipinski definition) is 1. The van der Waals surface area contributed by atoms with E-state index in [4.69, 9.17) is 32.9 Å². The lowest BCUT2D eigenvalue weighted by Gasteiger charge is -2.32. The van der Waals surface area contributed by atoms with Gasteiger partial charge in [0.05, 0.1) is 32.1 Å². The number of aliphatic hydroxyl groups excluding tert-OH is 1. The SMILES string of the molecule is COc1ccc(O[C@H]2C=C[C@@H](c3ccccc3)O[C@@H]2COC(=O)CCC(C)=NOC[C@@H](O)COCc2ccco2)cc1. The first-order valence-corrected chi connectivity index (χ1v) is 13.8. The molecule has 1 N–H and O–H groups in total. The molecule has 0 amide bonds. The number of benzene rings is 2. The lowest BCUT2D eigenvalue weighted by molar-refractivity contribution is -0.152. The van der Waals surface area contributed by atoms with E-state index < -0.39 is 24.3 Å². The summed E-state index contributed by atoms with van der Waals surface area (Å²) in [6.07, 6.45) is 3.78. The van der Waals surface area contributed by atoms with Crippen LogP contribution in [-0.4, -0.2) is 62.0 Å². The van der Waals surface area contributed by atoms with E-state index in [0.717, 1.165) is 11.3 Å². The molecule has 1 aliphatic rings. The van der Waals surface area contributed by atoms with Crippen LogP contribution >= 0.6 is 0 Å². The van der Waals surface area contributed by atoms with Crippen LogP contribution in [0.4, 0.5) is 0 Å². The molecule has 0 unspecified atom stereocenters. The summed E-state index contributed by atoms with van der Waals surface area (Å²) in [7, 11) is 1.61. The molecule has 3 aromatic rings. The highest BCUT2D eigenvalue weighted by Gasteiger charge is 2.31. The van der Waals surface area contributed by atoms with Crippen LogP contribution in [-0.2, 0) is 30.4 Å². The number of methoxy groups -OCH3 is 1. The number of esters is 1. The summed E-state index contributed by atoms with van der Waals surface area (Å²) >= 11 is 0. The highest BCUT2D eigenvalue weighted by Crippen LogP contribution is 2.29. The van der Waals surface area contributed by atoms with Gasteiger partial charge in [0.15, 0.2) is 0 Å². The summed E-state index contributed by atoms with van der Waals surface area (Å²) in [5.41, 5.74) is 1.59. The van der Waals surface area contributed by atoms with Crippen LogP contribution in [0.5, 0.6) is 11.5 Å². The van der Waals surface area contributed by atoms with E-state index in [1.54, 1.807) is 32.4 Å². The van der Waals surface area contributed by atoms with Gasteiger partial charge in [0.2, 0.25) is 0 Å². The van der Waals surface area contributed by atoms with Crippen molar-refractivity contribution in [1.29, 1.82) is 0 Å². The summed E-state index contributed by atoms with van der Waals surface area (Å²) in [5, 5.41) is 13.9. The molecule has 0 bridgehead atoms. The third-order valence-corrected chi connectivity index (χ3v) is 6.34. The van der Waals surface area contributed by atoms with Crippen molar-refractivity contribution >= 4 is 11.7 Å². The number of carbonyl (C=O) groups excluding carboxylic acids is 1. The molecular formula is C32H37NO9. The molecule has 0 spiro atoms. The first-order chi connectivity index (χ1) is 20.5. The second-order valence-corrected chi connectivity index (χ2v) is 9.70. The Labute approximate surface area is 245 Å². The van der Waals surface area contributed by atoms with Crippen molar-refractivity contribution in [2.45, 2.75) is 50.8 Å². The maximum atomic E-state index is 12.6. The van der Waals surface area contributed by atoms with Gasteiger partial charge in [0, 0.05) is 0 Å². The molecule has 4 atom stereocenters. The molecule has 2 aromatic carbocycles. The van der Waals surface area contributed by atoms with E-state index >= 15 is 0 Å². The molecule has 1 aromatic heterocycles. The molecule has 10 nitrogen and oxygen atoms in total. The summed E-state index contributed by atoms with van der Waals surface area (Å²) in [4.78, 5) is 17.8. The maximum absolute atomic E-state index is 12.6. The van der Waals surface area contributed by atoms with Gasteiger partial charge >= 0.3 is 5.97 Å². The zero-order valence-corrected chi connectivity index (χ0v) is 23.8. The van der Waals surface area contributed by atoms with E-state index in [1.807, 2.05) is 66.7 Å². The van der Waals surface area contributed by atoms with E-state index in [2.05, 4.69) is 5.16 Å². The van der Waals surface area contributed by atoms with Gasteiger partial charge in [-0.1, -0.05) is 41.6 Å². The lowest BCUT2D eigenvalue weighted by Crippen LogP contribution is -2.40. The molecule has 42 heavy (non-hydrogen) atoms. The van der Waals surface area contributed by atoms with Gasteiger partial charge in [-0.2, -0.15) is 0 Å². The molecule has 0 aliphatic carbocycles. The van der Waals surface area contributed by atoms with Gasteiger partial charge in [0.25, 0.3) is 0 Å². The number of nitrogens with zero attached hydrogens (tertiary/aromatic N) is 1. The third-order valence-electron chi connectivity index (χ3n) is 6.34. The van der Waals surface area contributed by atoms with E-state index in [1.165, 1.54) is 0 Å². The smallest absolute Gasteiger partial charge is 0.306 e. The Morgan fingerprint density at radius 2 is 1.76 bits per heavy atom. The predicted octanol–water partition coefficient (Wildman–Crippen LogP) is 5.03. The fourth-order valence-corrected chi connectivity index (χ4v) is 4.09. The molecule has 1 aliphatic heterocycles. The maximum Gasteiger partial charge on any atom is 0.306 e. The third kappa shape index (κ3) is 10.1. The van der Waals surface area contributed by atoms with Crippen LogP contribution in [0.2, 0.25) is 0 Å². The number of hydrogen-bond acceptors (Lipinski definition) is 10. The average molecular weight is 580 g/mol. The van der Waals surface area contributed by atoms with Gasteiger partial charge in [-0.3, -0.25) is 4.79 Å². The highest BCUT2D eigenvalue weighted by molar-refractivity contribution is 5.85. The van der Waals surface area contributed by atoms with Crippen molar-refractivity contribution in [3.63, 3.8) is 0 Å². The van der Waals surface area contributed by atoms with Crippen molar-refractivity contribution in [3.05, 3.63) is 96.5 Å². The number of oxime groups is 1. The average Bonchev–Trinajstić information content (AvgIpc) is 3.54. The summed E-state index contributed by atoms with van der Waals surface area (Å²) in [6, 6.07) is 20.6. The van der Waals surface area contributed by atoms with Crippen LogP contribution < -0.4 is 9.47 Å². The first kappa shape index (κ1) is 30.8. The monoisotopic (exact) mass is 579 g/mol. The Kier molecular flexibility index (Phi) is 12.0. The minimum Gasteiger partial charge on any atom is -0.497 e. The number of aliphatic hydroxyl groups is 1.